The number of fused-ring (bicyclic) bond motifs is 1. The molecule has 0 saturated heterocycles. The van der Waals surface area contributed by atoms with Crippen molar-refractivity contribution in [1.82, 2.24) is 9.88 Å². The third-order valence-corrected chi connectivity index (χ3v) is 5.99. The lowest BCUT2D eigenvalue weighted by atomic mass is 10.1. The van der Waals surface area contributed by atoms with Crippen molar-refractivity contribution in [2.45, 2.75) is 25.9 Å². The van der Waals surface area contributed by atoms with Crippen molar-refractivity contribution >= 4 is 28.2 Å². The van der Waals surface area contributed by atoms with Gasteiger partial charge in [-0.05, 0) is 55.3 Å². The Bertz CT molecular complexity index is 1170. The van der Waals surface area contributed by atoms with Crippen LogP contribution < -0.4 is 10.1 Å². The van der Waals surface area contributed by atoms with Crippen LogP contribution in [-0.2, 0) is 13.1 Å². The van der Waals surface area contributed by atoms with Gasteiger partial charge in [-0.15, -0.1) is 0 Å². The Kier molecular flexibility index (Phi) is 8.18. The van der Waals surface area contributed by atoms with Crippen molar-refractivity contribution < 1.29 is 4.74 Å². The molecule has 0 saturated carbocycles. The van der Waals surface area contributed by atoms with Gasteiger partial charge in [0.25, 0.3) is 0 Å². The molecule has 0 aliphatic heterocycles. The maximum absolute atomic E-state index is 6.11. The van der Waals surface area contributed by atoms with Crippen molar-refractivity contribution in [2.24, 2.45) is 0 Å². The SMILES string of the molecule is COc1ccccc1CN(CCCCNc1ccnc2cc(Cl)ccc12)Cc1ccccc1. The smallest absolute Gasteiger partial charge is 0.123 e. The second kappa shape index (κ2) is 11.7. The van der Waals surface area contributed by atoms with E-state index in [1.807, 2.05) is 42.6 Å². The van der Waals surface area contributed by atoms with Crippen LogP contribution in [0.5, 0.6) is 5.75 Å². The molecule has 4 rings (SSSR count). The number of para-hydroxylation sites is 1. The van der Waals surface area contributed by atoms with Crippen molar-refractivity contribution in [3.8, 4) is 5.75 Å². The highest BCUT2D eigenvalue weighted by atomic mass is 35.5. The monoisotopic (exact) mass is 459 g/mol. The van der Waals surface area contributed by atoms with Gasteiger partial charge in [0.05, 0.1) is 12.6 Å². The van der Waals surface area contributed by atoms with Crippen molar-refractivity contribution in [3.05, 3.63) is 101 Å². The molecule has 5 heteroatoms. The van der Waals surface area contributed by atoms with Gasteiger partial charge >= 0.3 is 0 Å². The maximum Gasteiger partial charge on any atom is 0.123 e. The molecule has 0 amide bonds. The van der Waals surface area contributed by atoms with Gasteiger partial charge in [0.2, 0.25) is 0 Å². The minimum absolute atomic E-state index is 0.709. The van der Waals surface area contributed by atoms with E-state index in [9.17, 15) is 0 Å². The van der Waals surface area contributed by atoms with E-state index in [-0.39, 0.29) is 0 Å². The number of anilines is 1. The summed E-state index contributed by atoms with van der Waals surface area (Å²) in [5, 5.41) is 5.39. The summed E-state index contributed by atoms with van der Waals surface area (Å²) < 4.78 is 5.58. The summed E-state index contributed by atoms with van der Waals surface area (Å²) in [4.78, 5) is 6.92. The van der Waals surface area contributed by atoms with Crippen LogP contribution in [0.1, 0.15) is 24.0 Å². The second-order valence-corrected chi connectivity index (χ2v) is 8.60. The second-order valence-electron chi connectivity index (χ2n) is 8.16. The van der Waals surface area contributed by atoms with Gasteiger partial charge in [0, 0.05) is 47.5 Å². The standard InChI is InChI=1S/C28H30ClN3O/c1-33-28-12-6-5-11-23(28)21-32(20-22-9-3-2-4-10-22)18-8-7-16-30-26-15-17-31-27-19-24(29)13-14-25(26)27/h2-6,9-15,17,19H,7-8,16,18,20-21H2,1H3,(H,30,31). The van der Waals surface area contributed by atoms with Gasteiger partial charge in [-0.1, -0.05) is 60.1 Å². The first-order valence-electron chi connectivity index (χ1n) is 11.4. The number of hydrogen-bond donors (Lipinski definition) is 1. The van der Waals surface area contributed by atoms with E-state index in [2.05, 4.69) is 57.7 Å². The minimum atomic E-state index is 0.709. The van der Waals surface area contributed by atoms with Gasteiger partial charge in [0.15, 0.2) is 0 Å². The Balaban J connectivity index is 1.35. The Morgan fingerprint density at radius 1 is 0.909 bits per heavy atom. The van der Waals surface area contributed by atoms with Gasteiger partial charge in [0.1, 0.15) is 5.75 Å². The quantitative estimate of drug-likeness (QED) is 0.250. The summed E-state index contributed by atoms with van der Waals surface area (Å²) in [6.45, 7) is 3.71. The fraction of sp³-hybridized carbons (Fsp3) is 0.250. The highest BCUT2D eigenvalue weighted by Gasteiger charge is 2.11. The molecule has 0 atom stereocenters. The molecule has 0 fully saturated rings. The highest BCUT2D eigenvalue weighted by Crippen LogP contribution is 2.24. The van der Waals surface area contributed by atoms with E-state index >= 15 is 0 Å². The lowest BCUT2D eigenvalue weighted by Crippen LogP contribution is -2.24. The number of halogens is 1. The average molecular weight is 460 g/mol. The number of pyridine rings is 1. The lowest BCUT2D eigenvalue weighted by Gasteiger charge is -2.23. The predicted octanol–water partition coefficient (Wildman–Crippen LogP) is 6.79. The summed E-state index contributed by atoms with van der Waals surface area (Å²) >= 11 is 6.11. The lowest BCUT2D eigenvalue weighted by molar-refractivity contribution is 0.248. The molecule has 0 spiro atoms. The van der Waals surface area contributed by atoms with Crippen LogP contribution in [0.25, 0.3) is 10.9 Å². The number of hydrogen-bond acceptors (Lipinski definition) is 4. The minimum Gasteiger partial charge on any atom is -0.496 e. The summed E-state index contributed by atoms with van der Waals surface area (Å²) in [6.07, 6.45) is 4.01. The first-order chi connectivity index (χ1) is 16.2. The van der Waals surface area contributed by atoms with Crippen LogP contribution in [0.4, 0.5) is 5.69 Å². The van der Waals surface area contributed by atoms with E-state index in [4.69, 9.17) is 16.3 Å². The summed E-state index contributed by atoms with van der Waals surface area (Å²) in [5.41, 5.74) is 4.56. The number of rotatable bonds is 11. The predicted molar refractivity (Wildman–Crippen MR) is 138 cm³/mol. The van der Waals surface area contributed by atoms with E-state index in [0.29, 0.717) is 5.02 Å². The Hall–Kier alpha value is -3.08. The summed E-state index contributed by atoms with van der Waals surface area (Å²) in [6, 6.07) is 26.8. The molecule has 1 heterocycles. The fourth-order valence-electron chi connectivity index (χ4n) is 4.09. The van der Waals surface area contributed by atoms with Crippen LogP contribution in [0, 0.1) is 0 Å². The maximum atomic E-state index is 6.11. The number of benzene rings is 3. The van der Waals surface area contributed by atoms with Crippen LogP contribution in [0.15, 0.2) is 85.1 Å². The topological polar surface area (TPSA) is 37.4 Å². The number of unbranched alkanes of at least 4 members (excludes halogenated alkanes) is 1. The molecule has 33 heavy (non-hydrogen) atoms. The number of aromatic nitrogens is 1. The molecule has 4 aromatic rings. The van der Waals surface area contributed by atoms with Gasteiger partial charge < -0.3 is 10.1 Å². The van der Waals surface area contributed by atoms with Crippen LogP contribution in [0.2, 0.25) is 5.02 Å². The average Bonchev–Trinajstić information content (AvgIpc) is 2.84. The molecule has 170 valence electrons. The fourth-order valence-corrected chi connectivity index (χ4v) is 4.26. The normalized spacial score (nSPS) is 11.1. The Morgan fingerprint density at radius 3 is 2.58 bits per heavy atom. The van der Waals surface area contributed by atoms with E-state index in [0.717, 1.165) is 61.4 Å². The highest BCUT2D eigenvalue weighted by molar-refractivity contribution is 6.31. The molecule has 1 aromatic heterocycles. The largest absolute Gasteiger partial charge is 0.496 e. The molecular formula is C28H30ClN3O. The van der Waals surface area contributed by atoms with E-state index in [1.54, 1.807) is 7.11 Å². The molecule has 0 unspecified atom stereocenters. The first-order valence-corrected chi connectivity index (χ1v) is 11.8. The third kappa shape index (κ3) is 6.47. The van der Waals surface area contributed by atoms with E-state index in [1.165, 1.54) is 11.1 Å². The van der Waals surface area contributed by atoms with Crippen molar-refractivity contribution in [2.75, 3.05) is 25.5 Å². The molecule has 0 aliphatic carbocycles. The third-order valence-electron chi connectivity index (χ3n) is 5.76. The molecular weight excluding hydrogens is 430 g/mol. The van der Waals surface area contributed by atoms with Crippen LogP contribution >= 0.6 is 11.6 Å². The molecule has 4 nitrogen and oxygen atoms in total. The summed E-state index contributed by atoms with van der Waals surface area (Å²) in [7, 11) is 1.74. The first kappa shape index (κ1) is 23.1. The molecule has 0 bridgehead atoms. The number of nitrogens with zero attached hydrogens (tertiary/aromatic N) is 2. The Labute approximate surface area is 201 Å². The zero-order chi connectivity index (χ0) is 22.9. The number of nitrogens with one attached hydrogen (secondary N) is 1. The van der Waals surface area contributed by atoms with Gasteiger partial charge in [-0.2, -0.15) is 0 Å². The van der Waals surface area contributed by atoms with Gasteiger partial charge in [-0.25, -0.2) is 0 Å². The molecule has 0 aliphatic rings. The van der Waals surface area contributed by atoms with E-state index < -0.39 is 0 Å². The van der Waals surface area contributed by atoms with Crippen LogP contribution in [0.3, 0.4) is 0 Å². The number of ether oxygens (including phenoxy) is 1. The van der Waals surface area contributed by atoms with Crippen molar-refractivity contribution in [1.29, 1.82) is 0 Å². The zero-order valence-corrected chi connectivity index (χ0v) is 19.8. The molecule has 1 N–H and O–H groups in total. The molecule has 3 aromatic carbocycles. The van der Waals surface area contributed by atoms with Gasteiger partial charge in [-0.3, -0.25) is 9.88 Å². The summed E-state index contributed by atoms with van der Waals surface area (Å²) in [5.74, 6) is 0.946. The number of methoxy groups -OCH3 is 1. The van der Waals surface area contributed by atoms with Crippen LogP contribution in [-0.4, -0.2) is 30.1 Å². The zero-order valence-electron chi connectivity index (χ0n) is 19.0. The Morgan fingerprint density at radius 2 is 1.73 bits per heavy atom. The molecule has 0 radical (unpaired) electrons. The van der Waals surface area contributed by atoms with Crippen molar-refractivity contribution in [3.63, 3.8) is 0 Å².